The van der Waals surface area contributed by atoms with Gasteiger partial charge in [-0.2, -0.15) is 0 Å². The Morgan fingerprint density at radius 2 is 2.17 bits per heavy atom. The summed E-state index contributed by atoms with van der Waals surface area (Å²) in [7, 11) is 0. The first-order chi connectivity index (χ1) is 11.5. The van der Waals surface area contributed by atoms with Crippen molar-refractivity contribution in [2.45, 2.75) is 6.61 Å². The van der Waals surface area contributed by atoms with Gasteiger partial charge in [0.25, 0.3) is 5.69 Å². The van der Waals surface area contributed by atoms with Crippen LogP contribution in [-0.4, -0.2) is 20.3 Å². The fraction of sp³-hybridized carbons (Fsp3) is 0.0667. The van der Waals surface area contributed by atoms with Gasteiger partial charge in [-0.3, -0.25) is 14.5 Å². The molecule has 0 N–H and O–H groups in total. The van der Waals surface area contributed by atoms with E-state index in [0.29, 0.717) is 16.4 Å². The quantitative estimate of drug-likeness (QED) is 0.298. The van der Waals surface area contributed by atoms with Gasteiger partial charge in [0.05, 0.1) is 10.6 Å². The lowest BCUT2D eigenvalue weighted by molar-refractivity contribution is -0.384. The molecule has 0 aliphatic carbocycles. The number of nitro benzene ring substituents is 1. The first-order valence-corrected chi connectivity index (χ1v) is 7.99. The van der Waals surface area contributed by atoms with Crippen LogP contribution < -0.4 is 0 Å². The van der Waals surface area contributed by atoms with E-state index in [4.69, 9.17) is 16.3 Å². The zero-order chi connectivity index (χ0) is 17.1. The van der Waals surface area contributed by atoms with E-state index in [1.54, 1.807) is 10.6 Å². The number of hydrogen-bond acceptors (Lipinski definition) is 6. The summed E-state index contributed by atoms with van der Waals surface area (Å²) < 4.78 is 6.87. The number of nitro groups is 1. The molecule has 122 valence electrons. The van der Waals surface area contributed by atoms with Gasteiger partial charge < -0.3 is 4.74 Å². The van der Waals surface area contributed by atoms with Crippen molar-refractivity contribution in [3.8, 4) is 0 Å². The predicted molar refractivity (Wildman–Crippen MR) is 90.0 cm³/mol. The molecule has 0 unspecified atom stereocenters. The Labute approximate surface area is 144 Å². The number of imidazole rings is 1. The van der Waals surface area contributed by atoms with Gasteiger partial charge in [0.1, 0.15) is 6.61 Å². The van der Waals surface area contributed by atoms with Crippen LogP contribution >= 0.6 is 22.9 Å². The maximum atomic E-state index is 11.8. The van der Waals surface area contributed by atoms with E-state index in [-0.39, 0.29) is 12.3 Å². The molecule has 0 spiro atoms. The molecule has 0 radical (unpaired) electrons. The van der Waals surface area contributed by atoms with Crippen LogP contribution in [0.1, 0.15) is 11.3 Å². The monoisotopic (exact) mass is 363 g/mol. The molecule has 1 aromatic carbocycles. The zero-order valence-corrected chi connectivity index (χ0v) is 13.7. The fourth-order valence-corrected chi connectivity index (χ4v) is 2.99. The second-order valence-corrected chi connectivity index (χ2v) is 5.94. The number of non-ortho nitro benzene ring substituents is 1. The third-order valence-corrected chi connectivity index (χ3v) is 4.19. The van der Waals surface area contributed by atoms with Gasteiger partial charge in [-0.05, 0) is 23.8 Å². The SMILES string of the molecule is O=C(/C=C/c1c(Cl)nc2sccn12)OCc1ccc([N+](=O)[O-])cc1. The second-order valence-electron chi connectivity index (χ2n) is 4.71. The Hall–Kier alpha value is -2.71. The van der Waals surface area contributed by atoms with E-state index in [1.165, 1.54) is 47.8 Å². The molecule has 3 aromatic rings. The zero-order valence-electron chi connectivity index (χ0n) is 12.1. The van der Waals surface area contributed by atoms with Crippen LogP contribution in [0.5, 0.6) is 0 Å². The van der Waals surface area contributed by atoms with Crippen LogP contribution in [0.4, 0.5) is 5.69 Å². The van der Waals surface area contributed by atoms with E-state index in [2.05, 4.69) is 4.98 Å². The average molecular weight is 364 g/mol. The molecule has 0 aliphatic rings. The molecule has 0 fully saturated rings. The minimum atomic E-state index is -0.547. The lowest BCUT2D eigenvalue weighted by atomic mass is 10.2. The van der Waals surface area contributed by atoms with Gasteiger partial charge >= 0.3 is 5.97 Å². The van der Waals surface area contributed by atoms with Crippen molar-refractivity contribution in [2.24, 2.45) is 0 Å². The first-order valence-electron chi connectivity index (χ1n) is 6.74. The highest BCUT2D eigenvalue weighted by Crippen LogP contribution is 2.22. The van der Waals surface area contributed by atoms with Gasteiger partial charge in [0.15, 0.2) is 10.1 Å². The summed E-state index contributed by atoms with van der Waals surface area (Å²) in [4.78, 5) is 26.8. The Bertz CT molecular complexity index is 930. The number of halogens is 1. The number of nitrogens with zero attached hydrogens (tertiary/aromatic N) is 3. The smallest absolute Gasteiger partial charge is 0.331 e. The number of carbonyl (C=O) groups is 1. The number of carbonyl (C=O) groups excluding carboxylic acids is 1. The van der Waals surface area contributed by atoms with Crippen LogP contribution in [0.25, 0.3) is 11.0 Å². The fourth-order valence-electron chi connectivity index (χ4n) is 1.99. The molecule has 7 nitrogen and oxygen atoms in total. The van der Waals surface area contributed by atoms with E-state index < -0.39 is 10.9 Å². The summed E-state index contributed by atoms with van der Waals surface area (Å²) in [5.74, 6) is -0.547. The van der Waals surface area contributed by atoms with Gasteiger partial charge in [-0.1, -0.05) is 11.6 Å². The number of rotatable bonds is 5. The highest BCUT2D eigenvalue weighted by molar-refractivity contribution is 7.15. The summed E-state index contributed by atoms with van der Waals surface area (Å²) in [6, 6.07) is 5.80. The summed E-state index contributed by atoms with van der Waals surface area (Å²) in [6.07, 6.45) is 4.60. The largest absolute Gasteiger partial charge is 0.458 e. The third kappa shape index (κ3) is 3.44. The minimum Gasteiger partial charge on any atom is -0.458 e. The lowest BCUT2D eigenvalue weighted by Gasteiger charge is -2.02. The molecule has 0 saturated carbocycles. The van der Waals surface area contributed by atoms with Gasteiger partial charge in [-0.25, -0.2) is 9.78 Å². The van der Waals surface area contributed by atoms with Crippen molar-refractivity contribution in [1.82, 2.24) is 9.38 Å². The van der Waals surface area contributed by atoms with Crippen LogP contribution in [0.15, 0.2) is 41.9 Å². The number of esters is 1. The number of thiazole rings is 1. The number of hydrogen-bond donors (Lipinski definition) is 0. The Balaban J connectivity index is 1.62. The Morgan fingerprint density at radius 1 is 1.42 bits per heavy atom. The predicted octanol–water partition coefficient (Wildman–Crippen LogP) is 3.71. The van der Waals surface area contributed by atoms with Crippen molar-refractivity contribution in [3.05, 3.63) is 68.4 Å². The van der Waals surface area contributed by atoms with Gasteiger partial charge in [0, 0.05) is 29.8 Å². The molecule has 0 atom stereocenters. The summed E-state index contributed by atoms with van der Waals surface area (Å²) >= 11 is 7.46. The van der Waals surface area contributed by atoms with E-state index in [0.717, 1.165) is 4.96 Å². The number of aromatic nitrogens is 2. The van der Waals surface area contributed by atoms with Crippen LogP contribution in [0.3, 0.4) is 0 Å². The highest BCUT2D eigenvalue weighted by atomic mass is 35.5. The topological polar surface area (TPSA) is 86.7 Å². The maximum Gasteiger partial charge on any atom is 0.331 e. The normalized spacial score (nSPS) is 11.2. The second kappa shape index (κ2) is 6.81. The number of benzene rings is 1. The first kappa shape index (κ1) is 16.2. The standard InChI is InChI=1S/C15H10ClN3O4S/c16-14-12(18-7-8-24-15(18)17-14)5-6-13(20)23-9-10-1-3-11(4-2-10)19(21)22/h1-8H,9H2/b6-5+. The molecule has 9 heteroatoms. The highest BCUT2D eigenvalue weighted by Gasteiger charge is 2.09. The van der Waals surface area contributed by atoms with Crippen molar-refractivity contribution in [2.75, 3.05) is 0 Å². The number of ether oxygens (including phenoxy) is 1. The van der Waals surface area contributed by atoms with E-state index >= 15 is 0 Å². The molecule has 3 rings (SSSR count). The Kier molecular flexibility index (Phi) is 4.59. The van der Waals surface area contributed by atoms with Gasteiger partial charge in [-0.15, -0.1) is 11.3 Å². The molecule has 0 saturated heterocycles. The third-order valence-electron chi connectivity index (χ3n) is 3.16. The van der Waals surface area contributed by atoms with Crippen LogP contribution in [0.2, 0.25) is 5.15 Å². The van der Waals surface area contributed by atoms with Crippen molar-refractivity contribution in [3.63, 3.8) is 0 Å². The summed E-state index contributed by atoms with van der Waals surface area (Å²) in [6.45, 7) is 0.0230. The van der Waals surface area contributed by atoms with Crippen LogP contribution in [-0.2, 0) is 16.1 Å². The summed E-state index contributed by atoms with van der Waals surface area (Å²) in [5.41, 5.74) is 1.24. The van der Waals surface area contributed by atoms with Crippen molar-refractivity contribution < 1.29 is 14.5 Å². The molecule has 0 aliphatic heterocycles. The molecule has 0 amide bonds. The number of fused-ring (bicyclic) bond motifs is 1. The molecule has 24 heavy (non-hydrogen) atoms. The molecule has 2 aromatic heterocycles. The van der Waals surface area contributed by atoms with E-state index in [9.17, 15) is 14.9 Å². The average Bonchev–Trinajstić information content (AvgIpc) is 3.12. The maximum absolute atomic E-state index is 11.8. The van der Waals surface area contributed by atoms with Gasteiger partial charge in [0.2, 0.25) is 0 Å². The van der Waals surface area contributed by atoms with Crippen molar-refractivity contribution in [1.29, 1.82) is 0 Å². The minimum absolute atomic E-state index is 0.0138. The van der Waals surface area contributed by atoms with E-state index in [1.807, 2.05) is 5.38 Å². The van der Waals surface area contributed by atoms with Crippen molar-refractivity contribution >= 4 is 45.6 Å². The lowest BCUT2D eigenvalue weighted by Crippen LogP contribution is -2.01. The summed E-state index contributed by atoms with van der Waals surface area (Å²) in [5, 5.41) is 12.7. The molecule has 0 bridgehead atoms. The molecular formula is C15H10ClN3O4S. The Morgan fingerprint density at radius 3 is 2.88 bits per heavy atom. The van der Waals surface area contributed by atoms with Crippen LogP contribution in [0, 0.1) is 10.1 Å². The molecular weight excluding hydrogens is 354 g/mol. The molecule has 2 heterocycles.